The lowest BCUT2D eigenvalue weighted by atomic mass is 10.2. The molecule has 1 N–H and O–H groups in total. The van der Waals surface area contributed by atoms with E-state index in [0.717, 1.165) is 17.2 Å². The predicted octanol–water partition coefficient (Wildman–Crippen LogP) is 3.26. The molecular weight excluding hydrogens is 240 g/mol. The van der Waals surface area contributed by atoms with E-state index in [1.807, 2.05) is 13.1 Å². The van der Waals surface area contributed by atoms with Crippen LogP contribution >= 0.6 is 23.7 Å². The lowest BCUT2D eigenvalue weighted by Crippen LogP contribution is -2.04. The van der Waals surface area contributed by atoms with Crippen molar-refractivity contribution in [3.05, 3.63) is 41.0 Å². The highest BCUT2D eigenvalue weighted by atomic mass is 35.5. The molecule has 0 amide bonds. The number of halogens is 1. The summed E-state index contributed by atoms with van der Waals surface area (Å²) >= 11 is 1.76. The van der Waals surface area contributed by atoms with Gasteiger partial charge in [-0.05, 0) is 19.5 Å². The number of benzene rings is 1. The van der Waals surface area contributed by atoms with Gasteiger partial charge in [0, 0.05) is 6.54 Å². The minimum Gasteiger partial charge on any atom is -0.314 e. The molecular formula is C12H15ClN2S. The molecule has 4 heteroatoms. The second-order valence-electron chi connectivity index (χ2n) is 3.42. The van der Waals surface area contributed by atoms with Crippen LogP contribution in [0.25, 0.3) is 10.4 Å². The summed E-state index contributed by atoms with van der Waals surface area (Å²) in [6, 6.07) is 10.4. The van der Waals surface area contributed by atoms with Crippen LogP contribution in [-0.4, -0.2) is 12.0 Å². The summed E-state index contributed by atoms with van der Waals surface area (Å²) in [4.78, 5) is 5.81. The van der Waals surface area contributed by atoms with Crippen molar-refractivity contribution in [3.63, 3.8) is 0 Å². The molecule has 86 valence electrons. The third kappa shape index (κ3) is 2.82. The fourth-order valence-corrected chi connectivity index (χ4v) is 2.62. The van der Waals surface area contributed by atoms with E-state index in [1.165, 1.54) is 10.4 Å². The Morgan fingerprint density at radius 1 is 1.25 bits per heavy atom. The van der Waals surface area contributed by atoms with Crippen molar-refractivity contribution in [2.45, 2.75) is 13.5 Å². The van der Waals surface area contributed by atoms with Gasteiger partial charge in [-0.3, -0.25) is 0 Å². The first-order valence-corrected chi connectivity index (χ1v) is 5.79. The Balaban J connectivity index is 0.00000128. The summed E-state index contributed by atoms with van der Waals surface area (Å²) in [6.45, 7) is 2.91. The average molecular weight is 255 g/mol. The highest BCUT2D eigenvalue weighted by Crippen LogP contribution is 2.29. The third-order valence-electron chi connectivity index (χ3n) is 2.20. The molecule has 0 bridgehead atoms. The molecule has 0 aliphatic heterocycles. The largest absolute Gasteiger partial charge is 0.314 e. The maximum absolute atomic E-state index is 4.53. The van der Waals surface area contributed by atoms with Gasteiger partial charge in [0.25, 0.3) is 0 Å². The molecule has 1 heterocycles. The van der Waals surface area contributed by atoms with Crippen LogP contribution in [0.3, 0.4) is 0 Å². The fourth-order valence-electron chi connectivity index (χ4n) is 1.54. The number of aryl methyl sites for hydroxylation is 1. The van der Waals surface area contributed by atoms with Crippen LogP contribution in [0.15, 0.2) is 30.3 Å². The lowest BCUT2D eigenvalue weighted by molar-refractivity contribution is 0.807. The zero-order chi connectivity index (χ0) is 10.7. The number of nitrogens with zero attached hydrogens (tertiary/aromatic N) is 1. The normalized spacial score (nSPS) is 9.88. The van der Waals surface area contributed by atoms with Gasteiger partial charge in [-0.2, -0.15) is 0 Å². The zero-order valence-corrected chi connectivity index (χ0v) is 11.0. The summed E-state index contributed by atoms with van der Waals surface area (Å²) in [5.41, 5.74) is 2.38. The monoisotopic (exact) mass is 254 g/mol. The van der Waals surface area contributed by atoms with Crippen LogP contribution in [0.5, 0.6) is 0 Å². The van der Waals surface area contributed by atoms with Crippen LogP contribution in [-0.2, 0) is 6.54 Å². The Labute approximate surface area is 106 Å². The van der Waals surface area contributed by atoms with E-state index in [9.17, 15) is 0 Å². The first kappa shape index (κ1) is 13.2. The molecule has 0 saturated heterocycles. The van der Waals surface area contributed by atoms with Crippen LogP contribution < -0.4 is 5.32 Å². The topological polar surface area (TPSA) is 24.9 Å². The number of hydrogen-bond acceptors (Lipinski definition) is 3. The number of hydrogen-bond donors (Lipinski definition) is 1. The second-order valence-corrected chi connectivity index (χ2v) is 4.50. The van der Waals surface area contributed by atoms with E-state index in [2.05, 4.69) is 41.5 Å². The van der Waals surface area contributed by atoms with Crippen molar-refractivity contribution in [1.82, 2.24) is 10.3 Å². The van der Waals surface area contributed by atoms with Gasteiger partial charge in [0.1, 0.15) is 5.01 Å². The standard InChI is InChI=1S/C12H14N2S.ClH/c1-9-12(10-6-4-3-5-7-10)15-11(14-9)8-13-2;/h3-7,13H,8H2,1-2H3;1H. The summed E-state index contributed by atoms with van der Waals surface area (Å²) in [7, 11) is 1.94. The molecule has 16 heavy (non-hydrogen) atoms. The Kier molecular flexibility index (Phi) is 4.93. The van der Waals surface area contributed by atoms with Crippen molar-refractivity contribution in [2.75, 3.05) is 7.05 Å². The smallest absolute Gasteiger partial charge is 0.107 e. The van der Waals surface area contributed by atoms with Crippen molar-refractivity contribution in [1.29, 1.82) is 0 Å². The van der Waals surface area contributed by atoms with Crippen LogP contribution in [0, 0.1) is 6.92 Å². The van der Waals surface area contributed by atoms with Gasteiger partial charge in [-0.15, -0.1) is 23.7 Å². The molecule has 0 unspecified atom stereocenters. The first-order chi connectivity index (χ1) is 7.31. The molecule has 0 radical (unpaired) electrons. The Morgan fingerprint density at radius 2 is 1.94 bits per heavy atom. The fraction of sp³-hybridized carbons (Fsp3) is 0.250. The van der Waals surface area contributed by atoms with Gasteiger partial charge in [0.2, 0.25) is 0 Å². The highest BCUT2D eigenvalue weighted by Gasteiger charge is 2.08. The number of rotatable bonds is 3. The highest BCUT2D eigenvalue weighted by molar-refractivity contribution is 7.15. The van der Waals surface area contributed by atoms with Gasteiger partial charge >= 0.3 is 0 Å². The lowest BCUT2D eigenvalue weighted by Gasteiger charge is -1.96. The van der Waals surface area contributed by atoms with E-state index in [1.54, 1.807) is 11.3 Å². The van der Waals surface area contributed by atoms with Gasteiger partial charge in [-0.25, -0.2) is 4.98 Å². The van der Waals surface area contributed by atoms with Gasteiger partial charge < -0.3 is 5.32 Å². The maximum Gasteiger partial charge on any atom is 0.107 e. The zero-order valence-electron chi connectivity index (χ0n) is 9.36. The van der Waals surface area contributed by atoms with Crippen molar-refractivity contribution in [3.8, 4) is 10.4 Å². The molecule has 2 aromatic rings. The minimum absolute atomic E-state index is 0. The van der Waals surface area contributed by atoms with E-state index in [4.69, 9.17) is 0 Å². The summed E-state index contributed by atoms with van der Waals surface area (Å²) in [6.07, 6.45) is 0. The van der Waals surface area contributed by atoms with Crippen molar-refractivity contribution >= 4 is 23.7 Å². The van der Waals surface area contributed by atoms with Crippen molar-refractivity contribution < 1.29 is 0 Å². The van der Waals surface area contributed by atoms with Crippen LogP contribution in [0.2, 0.25) is 0 Å². The van der Waals surface area contributed by atoms with Gasteiger partial charge in [0.05, 0.1) is 10.6 Å². The molecule has 1 aromatic heterocycles. The number of aromatic nitrogens is 1. The molecule has 0 spiro atoms. The number of nitrogens with one attached hydrogen (secondary N) is 1. The summed E-state index contributed by atoms with van der Waals surface area (Å²) in [5, 5.41) is 4.27. The predicted molar refractivity (Wildman–Crippen MR) is 72.3 cm³/mol. The molecule has 0 aliphatic rings. The molecule has 0 fully saturated rings. The quantitative estimate of drug-likeness (QED) is 0.910. The SMILES string of the molecule is CNCc1nc(C)c(-c2ccccc2)s1.Cl. The molecule has 1 aromatic carbocycles. The van der Waals surface area contributed by atoms with Crippen molar-refractivity contribution in [2.24, 2.45) is 0 Å². The maximum atomic E-state index is 4.53. The summed E-state index contributed by atoms with van der Waals surface area (Å²) < 4.78 is 0. The van der Waals surface area contributed by atoms with E-state index in [-0.39, 0.29) is 12.4 Å². The van der Waals surface area contributed by atoms with Crippen LogP contribution in [0.1, 0.15) is 10.7 Å². The minimum atomic E-state index is 0. The second kappa shape index (κ2) is 5.99. The Hall–Kier alpha value is -0.900. The Bertz CT molecular complexity index is 440. The van der Waals surface area contributed by atoms with Gasteiger partial charge in [-0.1, -0.05) is 30.3 Å². The average Bonchev–Trinajstić information content (AvgIpc) is 2.61. The molecule has 2 nitrogen and oxygen atoms in total. The van der Waals surface area contributed by atoms with Crippen LogP contribution in [0.4, 0.5) is 0 Å². The first-order valence-electron chi connectivity index (χ1n) is 4.97. The molecule has 0 atom stereocenters. The Morgan fingerprint density at radius 3 is 2.56 bits per heavy atom. The molecule has 0 saturated carbocycles. The molecule has 2 rings (SSSR count). The van der Waals surface area contributed by atoms with E-state index < -0.39 is 0 Å². The van der Waals surface area contributed by atoms with E-state index >= 15 is 0 Å². The summed E-state index contributed by atoms with van der Waals surface area (Å²) in [5.74, 6) is 0. The molecule has 0 aliphatic carbocycles. The van der Waals surface area contributed by atoms with E-state index in [0.29, 0.717) is 0 Å². The van der Waals surface area contributed by atoms with Gasteiger partial charge in [0.15, 0.2) is 0 Å². The third-order valence-corrected chi connectivity index (χ3v) is 3.41. The number of thiazole rings is 1.